The second-order valence-corrected chi connectivity index (χ2v) is 4.81. The molecule has 0 aliphatic carbocycles. The number of aromatic nitrogens is 2. The van der Waals surface area contributed by atoms with Crippen LogP contribution in [0.3, 0.4) is 0 Å². The lowest BCUT2D eigenvalue weighted by molar-refractivity contribution is 0.321. The van der Waals surface area contributed by atoms with Crippen LogP contribution in [0.2, 0.25) is 0 Å². The van der Waals surface area contributed by atoms with Crippen LogP contribution in [0.1, 0.15) is 18.5 Å². The maximum absolute atomic E-state index is 13.3. The van der Waals surface area contributed by atoms with Gasteiger partial charge in [-0.25, -0.2) is 4.98 Å². The second-order valence-electron chi connectivity index (χ2n) is 4.81. The molecule has 4 nitrogen and oxygen atoms in total. The first kappa shape index (κ1) is 14.4. The molecule has 0 saturated carbocycles. The molecular weight excluding hydrogens is 257 g/mol. The van der Waals surface area contributed by atoms with E-state index in [0.29, 0.717) is 11.9 Å². The summed E-state index contributed by atoms with van der Waals surface area (Å²) >= 11 is 0. The molecule has 106 valence electrons. The van der Waals surface area contributed by atoms with Crippen LogP contribution >= 0.6 is 0 Å². The number of methoxy groups -OCH3 is 1. The van der Waals surface area contributed by atoms with Crippen molar-refractivity contribution in [1.82, 2.24) is 14.9 Å². The average Bonchev–Trinajstić information content (AvgIpc) is 2.47. The molecule has 0 aliphatic heterocycles. The molecule has 0 radical (unpaired) electrons. The average molecular weight is 275 g/mol. The third-order valence-electron chi connectivity index (χ3n) is 3.33. The lowest BCUT2D eigenvalue weighted by Gasteiger charge is -2.20. The molecule has 1 aromatic heterocycles. The van der Waals surface area contributed by atoms with Crippen molar-refractivity contribution in [3.63, 3.8) is 0 Å². The Kier molecular flexibility index (Phi) is 4.29. The topological polar surface area (TPSA) is 38.2 Å². The van der Waals surface area contributed by atoms with E-state index in [1.807, 2.05) is 38.4 Å². The van der Waals surface area contributed by atoms with Crippen LogP contribution in [0, 0.1) is 5.82 Å². The van der Waals surface area contributed by atoms with Gasteiger partial charge in [0.1, 0.15) is 0 Å². The van der Waals surface area contributed by atoms with E-state index in [4.69, 9.17) is 4.74 Å². The maximum atomic E-state index is 13.3. The van der Waals surface area contributed by atoms with Crippen LogP contribution in [0.4, 0.5) is 4.39 Å². The number of halogens is 1. The zero-order valence-corrected chi connectivity index (χ0v) is 12.1. The molecule has 1 aromatic carbocycles. The zero-order chi connectivity index (χ0) is 14.7. The minimum Gasteiger partial charge on any atom is -0.479 e. The first-order chi connectivity index (χ1) is 9.52. The molecule has 0 unspecified atom stereocenters. The van der Waals surface area contributed by atoms with Gasteiger partial charge in [0.25, 0.3) is 5.88 Å². The molecule has 0 aliphatic rings. The minimum atomic E-state index is -0.561. The minimum absolute atomic E-state index is 0.0410. The quantitative estimate of drug-likeness (QED) is 0.860. The monoisotopic (exact) mass is 275 g/mol. The maximum Gasteiger partial charge on any atom is 0.253 e. The summed E-state index contributed by atoms with van der Waals surface area (Å²) in [6, 6.07) is 8.25. The van der Waals surface area contributed by atoms with Gasteiger partial charge in [0.2, 0.25) is 5.82 Å². The second kappa shape index (κ2) is 5.96. The SMILES string of the molecule is COc1nc(-c2ccc([C@@H](C)N(C)C)cc2)ncc1F. The van der Waals surface area contributed by atoms with E-state index in [0.717, 1.165) is 11.8 Å². The van der Waals surface area contributed by atoms with E-state index in [2.05, 4.69) is 21.8 Å². The van der Waals surface area contributed by atoms with Gasteiger partial charge in [0, 0.05) is 11.6 Å². The molecule has 0 N–H and O–H groups in total. The summed E-state index contributed by atoms with van der Waals surface area (Å²) in [6.45, 7) is 2.13. The number of hydrogen-bond donors (Lipinski definition) is 0. The first-order valence-corrected chi connectivity index (χ1v) is 6.36. The third-order valence-corrected chi connectivity index (χ3v) is 3.33. The van der Waals surface area contributed by atoms with Crippen LogP contribution in [0.25, 0.3) is 11.4 Å². The standard InChI is InChI=1S/C15H18FN3O/c1-10(19(2)3)11-5-7-12(8-6-11)14-17-9-13(16)15(18-14)20-4/h5-10H,1-4H3/t10-/m1/s1. The van der Waals surface area contributed by atoms with Crippen molar-refractivity contribution in [3.8, 4) is 17.3 Å². The summed E-state index contributed by atoms with van der Waals surface area (Å²) in [7, 11) is 5.45. The van der Waals surface area contributed by atoms with Crippen molar-refractivity contribution in [2.45, 2.75) is 13.0 Å². The molecule has 0 saturated heterocycles. The smallest absolute Gasteiger partial charge is 0.253 e. The molecular formula is C15H18FN3O. The van der Waals surface area contributed by atoms with Crippen molar-refractivity contribution in [2.75, 3.05) is 21.2 Å². The highest BCUT2D eigenvalue weighted by atomic mass is 19.1. The fraction of sp³-hybridized carbons (Fsp3) is 0.333. The van der Waals surface area contributed by atoms with E-state index in [1.165, 1.54) is 12.7 Å². The molecule has 0 bridgehead atoms. The molecule has 0 amide bonds. The molecule has 0 fully saturated rings. The third kappa shape index (κ3) is 2.93. The predicted octanol–water partition coefficient (Wildman–Crippen LogP) is 2.91. The van der Waals surface area contributed by atoms with Crippen molar-refractivity contribution >= 4 is 0 Å². The van der Waals surface area contributed by atoms with E-state index in [9.17, 15) is 4.39 Å². The molecule has 0 spiro atoms. The van der Waals surface area contributed by atoms with Crippen LogP contribution < -0.4 is 4.74 Å². The van der Waals surface area contributed by atoms with E-state index < -0.39 is 5.82 Å². The summed E-state index contributed by atoms with van der Waals surface area (Å²) in [5.74, 6) is -0.151. The van der Waals surface area contributed by atoms with E-state index in [1.54, 1.807) is 0 Å². The lowest BCUT2D eigenvalue weighted by Crippen LogP contribution is -2.16. The van der Waals surface area contributed by atoms with Gasteiger partial charge in [-0.05, 0) is 26.6 Å². The number of ether oxygens (including phenoxy) is 1. The molecule has 20 heavy (non-hydrogen) atoms. The van der Waals surface area contributed by atoms with Crippen LogP contribution in [0.5, 0.6) is 5.88 Å². The Labute approximate surface area is 118 Å². The highest BCUT2D eigenvalue weighted by Crippen LogP contribution is 2.23. The highest BCUT2D eigenvalue weighted by Gasteiger charge is 2.11. The summed E-state index contributed by atoms with van der Waals surface area (Å²) in [6.07, 6.45) is 1.12. The van der Waals surface area contributed by atoms with Gasteiger partial charge in [-0.2, -0.15) is 9.37 Å². The predicted molar refractivity (Wildman–Crippen MR) is 76.1 cm³/mol. The lowest BCUT2D eigenvalue weighted by atomic mass is 10.1. The van der Waals surface area contributed by atoms with Crippen molar-refractivity contribution in [2.24, 2.45) is 0 Å². The van der Waals surface area contributed by atoms with Gasteiger partial charge in [-0.15, -0.1) is 0 Å². The Hall–Kier alpha value is -2.01. The zero-order valence-electron chi connectivity index (χ0n) is 12.1. The largest absolute Gasteiger partial charge is 0.479 e. The summed E-state index contributed by atoms with van der Waals surface area (Å²) < 4.78 is 18.2. The fourth-order valence-corrected chi connectivity index (χ4v) is 1.84. The molecule has 1 atom stereocenters. The summed E-state index contributed by atoms with van der Waals surface area (Å²) in [5.41, 5.74) is 2.03. The molecule has 2 aromatic rings. The van der Waals surface area contributed by atoms with Gasteiger partial charge >= 0.3 is 0 Å². The Morgan fingerprint density at radius 2 is 1.85 bits per heavy atom. The fourth-order valence-electron chi connectivity index (χ4n) is 1.84. The molecule has 1 heterocycles. The first-order valence-electron chi connectivity index (χ1n) is 6.36. The number of nitrogens with zero attached hydrogens (tertiary/aromatic N) is 3. The Morgan fingerprint density at radius 3 is 2.40 bits per heavy atom. The van der Waals surface area contributed by atoms with E-state index in [-0.39, 0.29) is 5.88 Å². The number of benzene rings is 1. The molecule has 2 rings (SSSR count). The Bertz CT molecular complexity index is 584. The van der Waals surface area contributed by atoms with Gasteiger partial charge in [-0.1, -0.05) is 24.3 Å². The van der Waals surface area contributed by atoms with E-state index >= 15 is 0 Å². The normalized spacial score (nSPS) is 12.5. The van der Waals surface area contributed by atoms with Gasteiger partial charge < -0.3 is 9.64 Å². The number of rotatable bonds is 4. The number of hydrogen-bond acceptors (Lipinski definition) is 4. The Balaban J connectivity index is 2.30. The highest BCUT2D eigenvalue weighted by molar-refractivity contribution is 5.55. The summed E-state index contributed by atoms with van der Waals surface area (Å²) in [4.78, 5) is 10.2. The van der Waals surface area contributed by atoms with Crippen LogP contribution in [-0.4, -0.2) is 36.1 Å². The van der Waals surface area contributed by atoms with Crippen molar-refractivity contribution < 1.29 is 9.13 Å². The molecule has 5 heteroatoms. The van der Waals surface area contributed by atoms with Crippen LogP contribution in [-0.2, 0) is 0 Å². The van der Waals surface area contributed by atoms with Gasteiger partial charge in [0.15, 0.2) is 5.82 Å². The van der Waals surface area contributed by atoms with Crippen LogP contribution in [0.15, 0.2) is 30.5 Å². The van der Waals surface area contributed by atoms with Gasteiger partial charge in [-0.3, -0.25) is 0 Å². The summed E-state index contributed by atoms with van der Waals surface area (Å²) in [5, 5.41) is 0. The Morgan fingerprint density at radius 1 is 1.20 bits per heavy atom. The van der Waals surface area contributed by atoms with Crippen molar-refractivity contribution in [1.29, 1.82) is 0 Å². The van der Waals surface area contributed by atoms with Gasteiger partial charge in [0.05, 0.1) is 13.3 Å². The van der Waals surface area contributed by atoms with Crippen molar-refractivity contribution in [3.05, 3.63) is 41.8 Å².